The number of hydrogen-bond acceptors (Lipinski definition) is 3. The third-order valence-corrected chi connectivity index (χ3v) is 3.70. The van der Waals surface area contributed by atoms with Crippen molar-refractivity contribution in [3.8, 4) is 0 Å². The van der Waals surface area contributed by atoms with Gasteiger partial charge < -0.3 is 5.73 Å². The second-order valence-corrected chi connectivity index (χ2v) is 6.01. The number of halogens is 1. The maximum atomic E-state index is 11.6. The Bertz CT molecular complexity index is 531. The second kappa shape index (κ2) is 5.76. The molecule has 5 nitrogen and oxygen atoms in total. The number of nitrogens with one attached hydrogen (secondary N) is 2. The monoisotopic (exact) mass is 337 g/mol. The minimum Gasteiger partial charge on any atom is -0.389 e. The lowest BCUT2D eigenvalue weighted by Gasteiger charge is -2.12. The number of hydrogen-bond donors (Lipinski definition) is 3. The fourth-order valence-corrected chi connectivity index (χ4v) is 2.64. The van der Waals surface area contributed by atoms with E-state index in [4.69, 9.17) is 18.0 Å². The van der Waals surface area contributed by atoms with Crippen LogP contribution in [0.3, 0.4) is 0 Å². The lowest BCUT2D eigenvalue weighted by Crippen LogP contribution is -2.30. The first-order valence-corrected chi connectivity index (χ1v) is 7.41. The number of nitrogens with two attached hydrogens (primary N) is 1. The third kappa shape index (κ3) is 4.23. The van der Waals surface area contributed by atoms with Crippen molar-refractivity contribution >= 4 is 49.0 Å². The molecule has 0 fully saturated rings. The molecule has 0 aromatic heterocycles. The van der Waals surface area contributed by atoms with E-state index < -0.39 is 10.2 Å². The van der Waals surface area contributed by atoms with Crippen molar-refractivity contribution in [2.45, 2.75) is 6.92 Å². The molecule has 0 saturated heterocycles. The van der Waals surface area contributed by atoms with Crippen LogP contribution in [0, 0.1) is 0 Å². The van der Waals surface area contributed by atoms with Crippen LogP contribution in [-0.2, 0) is 10.2 Å². The van der Waals surface area contributed by atoms with E-state index in [9.17, 15) is 8.42 Å². The molecule has 0 atom stereocenters. The van der Waals surface area contributed by atoms with Crippen molar-refractivity contribution in [1.82, 2.24) is 4.72 Å². The summed E-state index contributed by atoms with van der Waals surface area (Å²) < 4.78 is 28.5. The van der Waals surface area contributed by atoms with Gasteiger partial charge in [0.05, 0.1) is 5.69 Å². The summed E-state index contributed by atoms with van der Waals surface area (Å²) in [6.45, 7) is 1.99. The average Bonchev–Trinajstić information content (AvgIpc) is 2.15. The standard InChI is InChI=1S/C9H12BrN3O2S2/c1-2-12-17(14,15)13-8-5-6(10)3-4-7(8)9(11)16/h3-5,12-13H,2H2,1H3,(H2,11,16). The van der Waals surface area contributed by atoms with Gasteiger partial charge in [0.15, 0.2) is 0 Å². The molecular weight excluding hydrogens is 326 g/mol. The van der Waals surface area contributed by atoms with Crippen molar-refractivity contribution < 1.29 is 8.42 Å². The van der Waals surface area contributed by atoms with E-state index in [2.05, 4.69) is 25.4 Å². The summed E-state index contributed by atoms with van der Waals surface area (Å²) >= 11 is 8.11. The highest BCUT2D eigenvalue weighted by Crippen LogP contribution is 2.22. The molecule has 0 aliphatic heterocycles. The largest absolute Gasteiger partial charge is 0.389 e. The number of benzene rings is 1. The van der Waals surface area contributed by atoms with Crippen LogP contribution in [0.4, 0.5) is 5.69 Å². The highest BCUT2D eigenvalue weighted by Gasteiger charge is 2.13. The van der Waals surface area contributed by atoms with Crippen molar-refractivity contribution in [3.05, 3.63) is 28.2 Å². The van der Waals surface area contributed by atoms with E-state index in [1.807, 2.05) is 0 Å². The van der Waals surface area contributed by atoms with Crippen LogP contribution in [0.2, 0.25) is 0 Å². The first kappa shape index (κ1) is 14.4. The third-order valence-electron chi connectivity index (χ3n) is 1.83. The van der Waals surface area contributed by atoms with Crippen molar-refractivity contribution in [1.29, 1.82) is 0 Å². The average molecular weight is 338 g/mol. The van der Waals surface area contributed by atoms with Crippen molar-refractivity contribution in [2.24, 2.45) is 5.73 Å². The Labute approximate surface area is 114 Å². The van der Waals surface area contributed by atoms with Gasteiger partial charge in [-0.1, -0.05) is 35.1 Å². The Kier molecular flexibility index (Phi) is 4.87. The summed E-state index contributed by atoms with van der Waals surface area (Å²) in [5.74, 6) is 0. The molecule has 0 bridgehead atoms. The zero-order valence-corrected chi connectivity index (χ0v) is 12.2. The molecule has 1 aromatic carbocycles. The van der Waals surface area contributed by atoms with E-state index in [1.54, 1.807) is 25.1 Å². The first-order valence-electron chi connectivity index (χ1n) is 4.72. The van der Waals surface area contributed by atoms with Gasteiger partial charge in [0.25, 0.3) is 10.2 Å². The summed E-state index contributed by atoms with van der Waals surface area (Å²) in [5.41, 5.74) is 6.34. The maximum absolute atomic E-state index is 11.6. The maximum Gasteiger partial charge on any atom is 0.299 e. The van der Waals surface area contributed by atoms with Crippen LogP contribution in [0.5, 0.6) is 0 Å². The minimum atomic E-state index is -3.59. The molecular formula is C9H12BrN3O2S2. The fourth-order valence-electron chi connectivity index (χ4n) is 1.19. The molecule has 4 N–H and O–H groups in total. The predicted molar refractivity (Wildman–Crippen MR) is 76.2 cm³/mol. The van der Waals surface area contributed by atoms with E-state index in [0.717, 1.165) is 4.47 Å². The Morgan fingerprint density at radius 3 is 2.71 bits per heavy atom. The van der Waals surface area contributed by atoms with Gasteiger partial charge in [-0.2, -0.15) is 13.1 Å². The number of rotatable bonds is 5. The molecule has 1 aromatic rings. The van der Waals surface area contributed by atoms with Crippen LogP contribution < -0.4 is 15.2 Å². The van der Waals surface area contributed by atoms with Crippen LogP contribution in [0.1, 0.15) is 12.5 Å². The van der Waals surface area contributed by atoms with Gasteiger partial charge in [-0.25, -0.2) is 0 Å². The SMILES string of the molecule is CCNS(=O)(=O)Nc1cc(Br)ccc1C(N)=S. The molecule has 94 valence electrons. The van der Waals surface area contributed by atoms with Gasteiger partial charge in [-0.3, -0.25) is 4.72 Å². The van der Waals surface area contributed by atoms with E-state index in [0.29, 0.717) is 17.8 Å². The van der Waals surface area contributed by atoms with Crippen LogP contribution in [0.15, 0.2) is 22.7 Å². The Balaban J connectivity index is 3.13. The summed E-state index contributed by atoms with van der Waals surface area (Å²) in [4.78, 5) is 0.131. The summed E-state index contributed by atoms with van der Waals surface area (Å²) in [6.07, 6.45) is 0. The molecule has 8 heteroatoms. The highest BCUT2D eigenvalue weighted by atomic mass is 79.9. The minimum absolute atomic E-state index is 0.131. The smallest absolute Gasteiger partial charge is 0.299 e. The molecule has 1 rings (SSSR count). The number of thiocarbonyl (C=S) groups is 1. The Hall–Kier alpha value is -0.700. The van der Waals surface area contributed by atoms with Gasteiger partial charge in [0, 0.05) is 16.6 Å². The Morgan fingerprint density at radius 1 is 1.53 bits per heavy atom. The van der Waals surface area contributed by atoms with Crippen LogP contribution in [-0.4, -0.2) is 20.0 Å². The zero-order valence-electron chi connectivity index (χ0n) is 9.03. The first-order chi connectivity index (χ1) is 7.85. The van der Waals surface area contributed by atoms with Crippen LogP contribution in [0.25, 0.3) is 0 Å². The number of anilines is 1. The highest BCUT2D eigenvalue weighted by molar-refractivity contribution is 9.10. The predicted octanol–water partition coefficient (Wildman–Crippen LogP) is 1.35. The van der Waals surface area contributed by atoms with Crippen LogP contribution >= 0.6 is 28.1 Å². The fraction of sp³-hybridized carbons (Fsp3) is 0.222. The zero-order chi connectivity index (χ0) is 13.1. The Morgan fingerprint density at radius 2 is 2.18 bits per heavy atom. The molecule has 0 radical (unpaired) electrons. The summed E-state index contributed by atoms with van der Waals surface area (Å²) in [6, 6.07) is 4.99. The molecule has 0 saturated carbocycles. The molecule has 0 aliphatic carbocycles. The summed E-state index contributed by atoms with van der Waals surface area (Å²) in [5, 5.41) is 0. The van der Waals surface area contributed by atoms with Gasteiger partial charge in [0.1, 0.15) is 4.99 Å². The lowest BCUT2D eigenvalue weighted by molar-refractivity contribution is 0.589. The molecule has 0 unspecified atom stereocenters. The summed E-state index contributed by atoms with van der Waals surface area (Å²) in [7, 11) is -3.59. The lowest BCUT2D eigenvalue weighted by atomic mass is 10.2. The van der Waals surface area contributed by atoms with E-state index in [1.165, 1.54) is 0 Å². The second-order valence-electron chi connectivity index (χ2n) is 3.16. The molecule has 0 spiro atoms. The topological polar surface area (TPSA) is 84.2 Å². The molecule has 0 aliphatic rings. The van der Waals surface area contributed by atoms with E-state index >= 15 is 0 Å². The molecule has 0 heterocycles. The van der Waals surface area contributed by atoms with Gasteiger partial charge in [0.2, 0.25) is 0 Å². The quantitative estimate of drug-likeness (QED) is 0.708. The van der Waals surface area contributed by atoms with Crippen molar-refractivity contribution in [2.75, 3.05) is 11.3 Å². The normalized spacial score (nSPS) is 11.2. The molecule has 17 heavy (non-hydrogen) atoms. The van der Waals surface area contributed by atoms with Gasteiger partial charge >= 0.3 is 0 Å². The van der Waals surface area contributed by atoms with Crippen molar-refractivity contribution in [3.63, 3.8) is 0 Å². The van der Waals surface area contributed by atoms with E-state index in [-0.39, 0.29) is 4.99 Å². The van der Waals surface area contributed by atoms with Gasteiger partial charge in [-0.05, 0) is 18.2 Å². The molecule has 0 amide bonds. The van der Waals surface area contributed by atoms with Gasteiger partial charge in [-0.15, -0.1) is 0 Å².